The summed E-state index contributed by atoms with van der Waals surface area (Å²) in [4.78, 5) is 0. The second-order valence-corrected chi connectivity index (χ2v) is 5.20. The van der Waals surface area contributed by atoms with E-state index in [-0.39, 0.29) is 11.6 Å². The monoisotopic (exact) mass is 241 g/mol. The summed E-state index contributed by atoms with van der Waals surface area (Å²) in [6, 6.07) is 7.92. The van der Waals surface area contributed by atoms with E-state index in [1.165, 1.54) is 5.56 Å². The summed E-state index contributed by atoms with van der Waals surface area (Å²) in [7, 11) is 1.71. The number of methoxy groups -OCH3 is 1. The minimum Gasteiger partial charge on any atom is -0.379 e. The van der Waals surface area contributed by atoms with Gasteiger partial charge in [-0.3, -0.25) is 0 Å². The van der Waals surface area contributed by atoms with Gasteiger partial charge < -0.3 is 10.5 Å². The van der Waals surface area contributed by atoms with Crippen LogP contribution in [0.4, 0.5) is 0 Å². The highest BCUT2D eigenvalue weighted by molar-refractivity contribution is 6.30. The van der Waals surface area contributed by atoms with Crippen LogP contribution in [0.2, 0.25) is 5.02 Å². The molecule has 1 atom stereocenters. The Morgan fingerprint density at radius 1 is 1.44 bits per heavy atom. The third-order valence-corrected chi connectivity index (χ3v) is 2.93. The fourth-order valence-electron chi connectivity index (χ4n) is 1.75. The predicted octanol–water partition coefficient (Wildman–Crippen LogP) is 3.02. The molecule has 0 aliphatic rings. The van der Waals surface area contributed by atoms with E-state index in [9.17, 15) is 0 Å². The van der Waals surface area contributed by atoms with E-state index in [0.717, 1.165) is 17.9 Å². The first-order valence-electron chi connectivity index (χ1n) is 5.48. The van der Waals surface area contributed by atoms with Crippen molar-refractivity contribution in [1.82, 2.24) is 0 Å². The molecule has 1 aromatic rings. The highest BCUT2D eigenvalue weighted by Gasteiger charge is 2.20. The standard InChI is InChI=1S/C13H20ClNO/c1-13(2,16-3)9-12(15)8-10-5-4-6-11(14)7-10/h4-7,12H,8-9,15H2,1-3H3. The number of ether oxygens (including phenoxy) is 1. The highest BCUT2D eigenvalue weighted by Crippen LogP contribution is 2.18. The van der Waals surface area contributed by atoms with Crippen molar-refractivity contribution in [3.63, 3.8) is 0 Å². The largest absolute Gasteiger partial charge is 0.379 e. The molecule has 0 aromatic heterocycles. The third-order valence-electron chi connectivity index (χ3n) is 2.69. The van der Waals surface area contributed by atoms with Crippen LogP contribution in [0.15, 0.2) is 24.3 Å². The van der Waals surface area contributed by atoms with Crippen LogP contribution in [0.25, 0.3) is 0 Å². The Hall–Kier alpha value is -0.570. The quantitative estimate of drug-likeness (QED) is 0.860. The second-order valence-electron chi connectivity index (χ2n) is 4.76. The van der Waals surface area contributed by atoms with E-state index < -0.39 is 0 Å². The van der Waals surface area contributed by atoms with Gasteiger partial charge in [0.15, 0.2) is 0 Å². The first-order valence-corrected chi connectivity index (χ1v) is 5.86. The molecule has 0 fully saturated rings. The van der Waals surface area contributed by atoms with Crippen LogP contribution in [0, 0.1) is 0 Å². The Morgan fingerprint density at radius 2 is 2.12 bits per heavy atom. The molecule has 0 saturated heterocycles. The van der Waals surface area contributed by atoms with Gasteiger partial charge in [-0.25, -0.2) is 0 Å². The lowest BCUT2D eigenvalue weighted by molar-refractivity contribution is 0.0102. The summed E-state index contributed by atoms with van der Waals surface area (Å²) < 4.78 is 5.36. The van der Waals surface area contributed by atoms with Gasteiger partial charge in [-0.2, -0.15) is 0 Å². The van der Waals surface area contributed by atoms with E-state index >= 15 is 0 Å². The predicted molar refractivity (Wildman–Crippen MR) is 68.8 cm³/mol. The fraction of sp³-hybridized carbons (Fsp3) is 0.538. The molecule has 1 rings (SSSR count). The van der Waals surface area contributed by atoms with Crippen molar-refractivity contribution >= 4 is 11.6 Å². The Kier molecular flexibility index (Phi) is 4.78. The van der Waals surface area contributed by atoms with E-state index in [1.54, 1.807) is 7.11 Å². The first kappa shape index (κ1) is 13.5. The molecule has 0 aliphatic heterocycles. The summed E-state index contributed by atoms with van der Waals surface area (Å²) in [6.45, 7) is 4.09. The van der Waals surface area contributed by atoms with Crippen LogP contribution >= 0.6 is 11.6 Å². The molecule has 0 saturated carbocycles. The molecule has 0 radical (unpaired) electrons. The van der Waals surface area contributed by atoms with Crippen molar-refractivity contribution in [2.45, 2.75) is 38.3 Å². The SMILES string of the molecule is COC(C)(C)CC(N)Cc1cccc(Cl)c1. The van der Waals surface area contributed by atoms with E-state index in [1.807, 2.05) is 38.1 Å². The van der Waals surface area contributed by atoms with Gasteiger partial charge in [0.05, 0.1) is 5.60 Å². The van der Waals surface area contributed by atoms with Crippen LogP contribution in [-0.2, 0) is 11.2 Å². The van der Waals surface area contributed by atoms with Crippen LogP contribution in [-0.4, -0.2) is 18.8 Å². The maximum atomic E-state index is 6.09. The van der Waals surface area contributed by atoms with E-state index in [0.29, 0.717) is 0 Å². The van der Waals surface area contributed by atoms with Gasteiger partial charge in [-0.15, -0.1) is 0 Å². The highest BCUT2D eigenvalue weighted by atomic mass is 35.5. The molecule has 1 unspecified atom stereocenters. The lowest BCUT2D eigenvalue weighted by Gasteiger charge is -2.26. The minimum atomic E-state index is -0.169. The van der Waals surface area contributed by atoms with Crippen LogP contribution < -0.4 is 5.73 Å². The van der Waals surface area contributed by atoms with Gasteiger partial charge in [0.2, 0.25) is 0 Å². The zero-order chi connectivity index (χ0) is 12.2. The molecule has 0 spiro atoms. The Bertz CT molecular complexity index is 338. The normalized spacial score (nSPS) is 13.8. The van der Waals surface area contributed by atoms with Gasteiger partial charge in [0, 0.05) is 18.2 Å². The molecular formula is C13H20ClNO. The topological polar surface area (TPSA) is 35.2 Å². The molecule has 2 N–H and O–H groups in total. The molecule has 3 heteroatoms. The number of hydrogen-bond donors (Lipinski definition) is 1. The van der Waals surface area contributed by atoms with Gasteiger partial charge >= 0.3 is 0 Å². The van der Waals surface area contributed by atoms with E-state index in [4.69, 9.17) is 22.1 Å². The van der Waals surface area contributed by atoms with Crippen LogP contribution in [0.5, 0.6) is 0 Å². The summed E-state index contributed by atoms with van der Waals surface area (Å²) in [5.74, 6) is 0. The smallest absolute Gasteiger partial charge is 0.0637 e. The van der Waals surface area contributed by atoms with Crippen molar-refractivity contribution in [1.29, 1.82) is 0 Å². The molecule has 1 aromatic carbocycles. The second kappa shape index (κ2) is 5.67. The average Bonchev–Trinajstić information content (AvgIpc) is 2.16. The Labute approximate surface area is 103 Å². The fourth-order valence-corrected chi connectivity index (χ4v) is 1.97. The lowest BCUT2D eigenvalue weighted by Crippen LogP contribution is -2.35. The summed E-state index contributed by atoms with van der Waals surface area (Å²) in [6.07, 6.45) is 1.66. The number of halogens is 1. The molecular weight excluding hydrogens is 222 g/mol. The Balaban J connectivity index is 2.55. The van der Waals surface area contributed by atoms with Crippen molar-refractivity contribution in [2.75, 3.05) is 7.11 Å². The third kappa shape index (κ3) is 4.52. The molecule has 0 heterocycles. The molecule has 90 valence electrons. The van der Waals surface area contributed by atoms with Crippen molar-refractivity contribution < 1.29 is 4.74 Å². The molecule has 16 heavy (non-hydrogen) atoms. The molecule has 0 amide bonds. The zero-order valence-electron chi connectivity index (χ0n) is 10.2. The van der Waals surface area contributed by atoms with Crippen molar-refractivity contribution in [3.05, 3.63) is 34.9 Å². The maximum absolute atomic E-state index is 6.09. The summed E-state index contributed by atoms with van der Waals surface area (Å²) >= 11 is 5.92. The molecule has 0 aliphatic carbocycles. The number of benzene rings is 1. The summed E-state index contributed by atoms with van der Waals surface area (Å²) in [5.41, 5.74) is 7.10. The van der Waals surface area contributed by atoms with Gasteiger partial charge in [-0.05, 0) is 44.4 Å². The number of hydrogen-bond acceptors (Lipinski definition) is 2. The van der Waals surface area contributed by atoms with Crippen LogP contribution in [0.1, 0.15) is 25.8 Å². The van der Waals surface area contributed by atoms with Crippen molar-refractivity contribution in [3.8, 4) is 0 Å². The maximum Gasteiger partial charge on any atom is 0.0637 e. The lowest BCUT2D eigenvalue weighted by atomic mass is 9.95. The van der Waals surface area contributed by atoms with Gasteiger partial charge in [-0.1, -0.05) is 23.7 Å². The average molecular weight is 242 g/mol. The van der Waals surface area contributed by atoms with Gasteiger partial charge in [0.1, 0.15) is 0 Å². The van der Waals surface area contributed by atoms with Gasteiger partial charge in [0.25, 0.3) is 0 Å². The minimum absolute atomic E-state index is 0.0911. The first-order chi connectivity index (χ1) is 7.43. The Morgan fingerprint density at radius 3 is 2.69 bits per heavy atom. The van der Waals surface area contributed by atoms with Crippen LogP contribution in [0.3, 0.4) is 0 Å². The van der Waals surface area contributed by atoms with Crippen molar-refractivity contribution in [2.24, 2.45) is 5.73 Å². The number of nitrogens with two attached hydrogens (primary N) is 1. The van der Waals surface area contributed by atoms with E-state index in [2.05, 4.69) is 0 Å². The molecule has 0 bridgehead atoms. The molecule has 2 nitrogen and oxygen atoms in total. The summed E-state index contributed by atoms with van der Waals surface area (Å²) in [5, 5.41) is 0.760. The zero-order valence-corrected chi connectivity index (χ0v) is 10.9. The number of rotatable bonds is 5.